The van der Waals surface area contributed by atoms with Gasteiger partial charge in [-0.2, -0.15) is 0 Å². The van der Waals surface area contributed by atoms with Gasteiger partial charge in [0.25, 0.3) is 0 Å². The minimum atomic E-state index is -0.0653. The standard InChI is InChI=1S/C20H38O3/c1-3-4-5-6-7-8-9-10-11-12-13-14-15-16-20(21)23-18(2)19-17-22-19/h18-19H,3-17H2,1-2H3. The lowest BCUT2D eigenvalue weighted by molar-refractivity contribution is -0.149. The zero-order chi connectivity index (χ0) is 16.8. The number of hydrogen-bond acceptors (Lipinski definition) is 3. The molecule has 1 rings (SSSR count). The molecule has 0 saturated carbocycles. The average Bonchev–Trinajstić information content (AvgIpc) is 3.36. The molecule has 0 aromatic carbocycles. The summed E-state index contributed by atoms with van der Waals surface area (Å²) in [6.07, 6.45) is 17.9. The van der Waals surface area contributed by atoms with Crippen LogP contribution < -0.4 is 0 Å². The highest BCUT2D eigenvalue weighted by Crippen LogP contribution is 2.17. The smallest absolute Gasteiger partial charge is 0.306 e. The van der Waals surface area contributed by atoms with E-state index >= 15 is 0 Å². The van der Waals surface area contributed by atoms with Gasteiger partial charge in [0.1, 0.15) is 12.2 Å². The van der Waals surface area contributed by atoms with Crippen LogP contribution in [0.4, 0.5) is 0 Å². The molecule has 3 nitrogen and oxygen atoms in total. The topological polar surface area (TPSA) is 38.8 Å². The third kappa shape index (κ3) is 12.5. The molecule has 0 bridgehead atoms. The van der Waals surface area contributed by atoms with E-state index in [2.05, 4.69) is 6.92 Å². The predicted octanol–water partition coefficient (Wildman–Crippen LogP) is 5.80. The van der Waals surface area contributed by atoms with E-state index in [1.165, 1.54) is 70.6 Å². The normalized spacial score (nSPS) is 17.9. The molecule has 1 aliphatic heterocycles. The van der Waals surface area contributed by atoms with Crippen LogP contribution in [0.25, 0.3) is 0 Å². The highest BCUT2D eigenvalue weighted by atomic mass is 16.6. The monoisotopic (exact) mass is 326 g/mol. The van der Waals surface area contributed by atoms with Crippen LogP contribution in [0.1, 0.15) is 104 Å². The van der Waals surface area contributed by atoms with Gasteiger partial charge in [-0.1, -0.05) is 84.0 Å². The molecule has 2 unspecified atom stereocenters. The molecule has 0 radical (unpaired) electrons. The van der Waals surface area contributed by atoms with Crippen molar-refractivity contribution in [2.45, 2.75) is 116 Å². The van der Waals surface area contributed by atoms with Crippen LogP contribution in [-0.4, -0.2) is 24.8 Å². The zero-order valence-corrected chi connectivity index (χ0v) is 15.5. The molecule has 1 fully saturated rings. The van der Waals surface area contributed by atoms with Gasteiger partial charge in [-0.15, -0.1) is 0 Å². The first-order valence-electron chi connectivity index (χ1n) is 10.0. The lowest BCUT2D eigenvalue weighted by Crippen LogP contribution is -2.19. The van der Waals surface area contributed by atoms with Crippen LogP contribution in [0.15, 0.2) is 0 Å². The molecular weight excluding hydrogens is 288 g/mol. The van der Waals surface area contributed by atoms with E-state index in [4.69, 9.17) is 9.47 Å². The second kappa shape index (κ2) is 13.8. The van der Waals surface area contributed by atoms with Crippen LogP contribution in [0.3, 0.4) is 0 Å². The Hall–Kier alpha value is -0.570. The van der Waals surface area contributed by atoms with Crippen LogP contribution >= 0.6 is 0 Å². The Labute approximate surface area is 143 Å². The molecule has 3 heteroatoms. The molecule has 0 spiro atoms. The van der Waals surface area contributed by atoms with Gasteiger partial charge in [-0.3, -0.25) is 4.79 Å². The molecule has 23 heavy (non-hydrogen) atoms. The molecule has 0 aromatic heterocycles. The molecule has 1 heterocycles. The largest absolute Gasteiger partial charge is 0.460 e. The molecular formula is C20H38O3. The summed E-state index contributed by atoms with van der Waals surface area (Å²) in [5, 5.41) is 0. The number of hydrogen-bond donors (Lipinski definition) is 0. The van der Waals surface area contributed by atoms with E-state index in [1.807, 2.05) is 6.92 Å². The molecule has 136 valence electrons. The van der Waals surface area contributed by atoms with Crippen molar-refractivity contribution in [3.8, 4) is 0 Å². The van der Waals surface area contributed by atoms with Crippen molar-refractivity contribution in [1.82, 2.24) is 0 Å². The van der Waals surface area contributed by atoms with Gasteiger partial charge in [-0.05, 0) is 13.3 Å². The van der Waals surface area contributed by atoms with Crippen molar-refractivity contribution in [1.29, 1.82) is 0 Å². The van der Waals surface area contributed by atoms with Crippen LogP contribution in [0.5, 0.6) is 0 Å². The molecule has 0 N–H and O–H groups in total. The Kier molecular flexibility index (Phi) is 12.3. The van der Waals surface area contributed by atoms with Gasteiger partial charge < -0.3 is 9.47 Å². The summed E-state index contributed by atoms with van der Waals surface area (Å²) in [7, 11) is 0. The first kappa shape index (κ1) is 20.5. The van der Waals surface area contributed by atoms with Crippen molar-refractivity contribution >= 4 is 5.97 Å². The number of rotatable bonds is 16. The first-order chi connectivity index (χ1) is 11.2. The van der Waals surface area contributed by atoms with Crippen molar-refractivity contribution in [3.63, 3.8) is 0 Å². The maximum Gasteiger partial charge on any atom is 0.306 e. The van der Waals surface area contributed by atoms with Crippen molar-refractivity contribution in [2.75, 3.05) is 6.61 Å². The molecule has 1 aliphatic rings. The SMILES string of the molecule is CCCCCCCCCCCCCCCC(=O)OC(C)C1CO1. The molecule has 1 saturated heterocycles. The summed E-state index contributed by atoms with van der Waals surface area (Å²) in [4.78, 5) is 11.6. The van der Waals surface area contributed by atoms with E-state index in [0.29, 0.717) is 6.42 Å². The highest BCUT2D eigenvalue weighted by Gasteiger charge is 2.31. The lowest BCUT2D eigenvalue weighted by Gasteiger charge is -2.10. The van der Waals surface area contributed by atoms with E-state index in [1.54, 1.807) is 0 Å². The maximum absolute atomic E-state index is 11.6. The van der Waals surface area contributed by atoms with E-state index < -0.39 is 0 Å². The third-order valence-electron chi connectivity index (χ3n) is 4.68. The second-order valence-electron chi connectivity index (χ2n) is 7.06. The molecule has 0 aromatic rings. The van der Waals surface area contributed by atoms with E-state index in [9.17, 15) is 4.79 Å². The number of carbonyl (C=O) groups excluding carboxylic acids is 1. The minimum Gasteiger partial charge on any atom is -0.460 e. The fourth-order valence-electron chi connectivity index (χ4n) is 2.96. The Bertz CT molecular complexity index is 287. The van der Waals surface area contributed by atoms with Gasteiger partial charge in [0.15, 0.2) is 0 Å². The summed E-state index contributed by atoms with van der Waals surface area (Å²) in [6, 6.07) is 0. The highest BCUT2D eigenvalue weighted by molar-refractivity contribution is 5.69. The number of ether oxygens (including phenoxy) is 2. The van der Waals surface area contributed by atoms with Crippen molar-refractivity contribution < 1.29 is 14.3 Å². The summed E-state index contributed by atoms with van der Waals surface area (Å²) >= 11 is 0. The maximum atomic E-state index is 11.6. The quantitative estimate of drug-likeness (QED) is 0.204. The average molecular weight is 327 g/mol. The van der Waals surface area contributed by atoms with Crippen molar-refractivity contribution in [2.24, 2.45) is 0 Å². The van der Waals surface area contributed by atoms with Gasteiger partial charge in [0.05, 0.1) is 6.61 Å². The van der Waals surface area contributed by atoms with Gasteiger partial charge >= 0.3 is 5.97 Å². The van der Waals surface area contributed by atoms with Gasteiger partial charge in [-0.25, -0.2) is 0 Å². The second-order valence-corrected chi connectivity index (χ2v) is 7.06. The van der Waals surface area contributed by atoms with Gasteiger partial charge in [0.2, 0.25) is 0 Å². The Balaban J connectivity index is 1.73. The molecule has 0 aliphatic carbocycles. The van der Waals surface area contributed by atoms with E-state index in [-0.39, 0.29) is 18.2 Å². The first-order valence-corrected chi connectivity index (χ1v) is 10.0. The fraction of sp³-hybridized carbons (Fsp3) is 0.950. The summed E-state index contributed by atoms with van der Waals surface area (Å²) in [5.41, 5.74) is 0. The van der Waals surface area contributed by atoms with Crippen LogP contribution in [0.2, 0.25) is 0 Å². The number of epoxide rings is 1. The van der Waals surface area contributed by atoms with Crippen LogP contribution in [0, 0.1) is 0 Å². The Morgan fingerprint density at radius 2 is 1.35 bits per heavy atom. The summed E-state index contributed by atoms with van der Waals surface area (Å²) in [5.74, 6) is -0.0592. The number of carbonyl (C=O) groups is 1. The van der Waals surface area contributed by atoms with Crippen LogP contribution in [-0.2, 0) is 14.3 Å². The Morgan fingerprint density at radius 3 is 1.78 bits per heavy atom. The fourth-order valence-corrected chi connectivity index (χ4v) is 2.96. The molecule has 0 amide bonds. The van der Waals surface area contributed by atoms with Gasteiger partial charge in [0, 0.05) is 6.42 Å². The number of unbranched alkanes of at least 4 members (excludes halogenated alkanes) is 12. The molecule has 2 atom stereocenters. The lowest BCUT2D eigenvalue weighted by atomic mass is 10.0. The summed E-state index contributed by atoms with van der Waals surface area (Å²) in [6.45, 7) is 4.93. The minimum absolute atomic E-state index is 0.0592. The zero-order valence-electron chi connectivity index (χ0n) is 15.5. The third-order valence-corrected chi connectivity index (χ3v) is 4.68. The summed E-state index contributed by atoms with van der Waals surface area (Å²) < 4.78 is 10.4. The van der Waals surface area contributed by atoms with Crippen molar-refractivity contribution in [3.05, 3.63) is 0 Å². The van der Waals surface area contributed by atoms with E-state index in [0.717, 1.165) is 19.4 Å². The number of esters is 1. The predicted molar refractivity (Wildman–Crippen MR) is 95.6 cm³/mol. The Morgan fingerprint density at radius 1 is 0.913 bits per heavy atom.